The van der Waals surface area contributed by atoms with Gasteiger partial charge in [-0.3, -0.25) is 0 Å². The highest BCUT2D eigenvalue weighted by atomic mass is 127. The first-order valence-corrected chi connectivity index (χ1v) is 12.2. The number of aromatic nitrogens is 1. The number of allylic oxidation sites excluding steroid dienone is 2. The quantitative estimate of drug-likeness (QED) is 0.342. The van der Waals surface area contributed by atoms with Gasteiger partial charge in [-0.25, -0.2) is 0 Å². The minimum absolute atomic E-state index is 0. The van der Waals surface area contributed by atoms with E-state index < -0.39 is 0 Å². The molecule has 5 heteroatoms. The van der Waals surface area contributed by atoms with E-state index in [1.165, 1.54) is 42.0 Å². The number of aryl methyl sites for hydroxylation is 3. The standard InChI is InChI=1S/C25H29N2S2.HI/c1-5-18-12-14-20-22(16-18)28-24(26(20)7-3)10-9-11-25-27(8-4)21-15-13-19(6-2)17-23(21)29-25;/h9-17H,5-8H2,1-4H3;1H/q+1;/p-1. The van der Waals surface area contributed by atoms with E-state index >= 15 is 0 Å². The normalized spacial score (nSPS) is 14.7. The van der Waals surface area contributed by atoms with Crippen LogP contribution >= 0.6 is 23.1 Å². The van der Waals surface area contributed by atoms with Gasteiger partial charge in [-0.2, -0.15) is 4.57 Å². The Morgan fingerprint density at radius 2 is 1.70 bits per heavy atom. The number of anilines is 1. The Morgan fingerprint density at radius 1 is 0.967 bits per heavy atom. The fraction of sp³-hybridized carbons (Fsp3) is 0.320. The average molecular weight is 549 g/mol. The topological polar surface area (TPSA) is 7.12 Å². The molecule has 0 aliphatic carbocycles. The Morgan fingerprint density at radius 3 is 2.40 bits per heavy atom. The third kappa shape index (κ3) is 4.48. The lowest BCUT2D eigenvalue weighted by Crippen LogP contribution is -3.00. The highest BCUT2D eigenvalue weighted by Crippen LogP contribution is 2.46. The molecular formula is C25H29IN2S2. The summed E-state index contributed by atoms with van der Waals surface area (Å²) < 4.78 is 3.79. The van der Waals surface area contributed by atoms with E-state index in [2.05, 4.69) is 91.8 Å². The predicted molar refractivity (Wildman–Crippen MR) is 129 cm³/mol. The molecule has 2 nitrogen and oxygen atoms in total. The second-order valence-corrected chi connectivity index (χ2v) is 9.33. The van der Waals surface area contributed by atoms with Crippen LogP contribution in [0.3, 0.4) is 0 Å². The van der Waals surface area contributed by atoms with Crippen molar-refractivity contribution in [1.82, 2.24) is 0 Å². The molecule has 1 aliphatic heterocycles. The van der Waals surface area contributed by atoms with Crippen LogP contribution in [0.2, 0.25) is 0 Å². The van der Waals surface area contributed by atoms with E-state index in [0.29, 0.717) is 0 Å². The number of hydrogen-bond donors (Lipinski definition) is 0. The number of rotatable bonds is 6. The predicted octanol–water partition coefficient (Wildman–Crippen LogP) is 3.82. The summed E-state index contributed by atoms with van der Waals surface area (Å²) >= 11 is 3.77. The maximum Gasteiger partial charge on any atom is 0.262 e. The second-order valence-electron chi connectivity index (χ2n) is 7.21. The third-order valence-corrected chi connectivity index (χ3v) is 7.74. The largest absolute Gasteiger partial charge is 1.00 e. The van der Waals surface area contributed by atoms with Crippen molar-refractivity contribution in [3.63, 3.8) is 0 Å². The fourth-order valence-corrected chi connectivity index (χ4v) is 6.26. The van der Waals surface area contributed by atoms with Crippen molar-refractivity contribution in [2.24, 2.45) is 0 Å². The van der Waals surface area contributed by atoms with Crippen molar-refractivity contribution in [3.05, 3.63) is 69.7 Å². The molecule has 1 aromatic heterocycles. The number of fused-ring (bicyclic) bond motifs is 2. The molecule has 158 valence electrons. The maximum absolute atomic E-state index is 2.41. The van der Waals surface area contributed by atoms with E-state index in [1.54, 1.807) is 0 Å². The van der Waals surface area contributed by atoms with Crippen LogP contribution in [-0.2, 0) is 19.4 Å². The molecule has 0 unspecified atom stereocenters. The fourth-order valence-electron chi connectivity index (χ4n) is 3.85. The van der Waals surface area contributed by atoms with Gasteiger partial charge >= 0.3 is 0 Å². The van der Waals surface area contributed by atoms with Crippen LogP contribution in [0.4, 0.5) is 5.69 Å². The molecule has 0 radical (unpaired) electrons. The van der Waals surface area contributed by atoms with Crippen LogP contribution < -0.4 is 33.4 Å². The molecule has 0 saturated heterocycles. The van der Waals surface area contributed by atoms with Crippen LogP contribution in [-0.4, -0.2) is 6.54 Å². The first-order chi connectivity index (χ1) is 14.2. The van der Waals surface area contributed by atoms with Gasteiger partial charge in [0.1, 0.15) is 11.2 Å². The molecule has 0 atom stereocenters. The number of benzene rings is 2. The minimum Gasteiger partial charge on any atom is -1.00 e. The van der Waals surface area contributed by atoms with Crippen molar-refractivity contribution in [2.75, 3.05) is 11.4 Å². The molecule has 2 aromatic carbocycles. The van der Waals surface area contributed by atoms with Gasteiger partial charge in [0.2, 0.25) is 5.52 Å². The second kappa shape index (κ2) is 10.3. The van der Waals surface area contributed by atoms with Crippen LogP contribution in [0.15, 0.2) is 58.5 Å². The Labute approximate surface area is 205 Å². The summed E-state index contributed by atoms with van der Waals surface area (Å²) in [5.41, 5.74) is 5.49. The molecule has 0 N–H and O–H groups in total. The molecule has 1 aliphatic rings. The number of hydrogen-bond acceptors (Lipinski definition) is 3. The third-order valence-electron chi connectivity index (χ3n) is 5.52. The molecule has 0 amide bonds. The molecule has 0 bridgehead atoms. The molecule has 4 rings (SSSR count). The van der Waals surface area contributed by atoms with Crippen molar-refractivity contribution in [1.29, 1.82) is 0 Å². The SMILES string of the molecule is CCc1ccc2c(c1)S/C(=C\C=C\c1sc3cc(CC)ccc3[n+]1CC)N2CC.[I-]. The summed E-state index contributed by atoms with van der Waals surface area (Å²) in [4.78, 5) is 3.79. The number of thiazole rings is 1. The number of nitrogens with zero attached hydrogens (tertiary/aromatic N) is 2. The molecule has 2 heterocycles. The Bertz CT molecular complexity index is 1100. The van der Waals surface area contributed by atoms with Gasteiger partial charge in [-0.05, 0) is 62.1 Å². The van der Waals surface area contributed by atoms with Gasteiger partial charge in [0, 0.05) is 23.6 Å². The zero-order chi connectivity index (χ0) is 20.4. The summed E-state index contributed by atoms with van der Waals surface area (Å²) in [5, 5.41) is 2.62. The van der Waals surface area contributed by atoms with Crippen molar-refractivity contribution in [3.8, 4) is 0 Å². The number of thioether (sulfide) groups is 1. The zero-order valence-electron chi connectivity index (χ0n) is 18.1. The monoisotopic (exact) mass is 548 g/mol. The lowest BCUT2D eigenvalue weighted by atomic mass is 10.1. The smallest absolute Gasteiger partial charge is 0.262 e. The van der Waals surface area contributed by atoms with Crippen molar-refractivity contribution < 1.29 is 28.5 Å². The first kappa shape index (κ1) is 23.4. The summed E-state index contributed by atoms with van der Waals surface area (Å²) in [6.45, 7) is 10.9. The zero-order valence-corrected chi connectivity index (χ0v) is 21.9. The molecule has 0 saturated carbocycles. The van der Waals surface area contributed by atoms with Gasteiger partial charge in [0.05, 0.1) is 10.7 Å². The highest BCUT2D eigenvalue weighted by molar-refractivity contribution is 8.03. The van der Waals surface area contributed by atoms with Gasteiger partial charge in [-0.15, -0.1) is 0 Å². The number of halogens is 1. The summed E-state index contributed by atoms with van der Waals surface area (Å²) in [5.74, 6) is 0. The summed E-state index contributed by atoms with van der Waals surface area (Å²) in [6.07, 6.45) is 8.92. The minimum atomic E-state index is 0. The highest BCUT2D eigenvalue weighted by Gasteiger charge is 2.23. The lowest BCUT2D eigenvalue weighted by Gasteiger charge is -2.17. The van der Waals surface area contributed by atoms with E-state index in [1.807, 2.05) is 23.1 Å². The average Bonchev–Trinajstić information content (AvgIpc) is 3.29. The van der Waals surface area contributed by atoms with Gasteiger partial charge in [-0.1, -0.05) is 55.2 Å². The molecule has 0 fully saturated rings. The Kier molecular flexibility index (Phi) is 8.04. The molecular weight excluding hydrogens is 519 g/mol. The van der Waals surface area contributed by atoms with Crippen LogP contribution in [0, 0.1) is 0 Å². The van der Waals surface area contributed by atoms with Crippen LogP contribution in [0.25, 0.3) is 16.3 Å². The van der Waals surface area contributed by atoms with Crippen LogP contribution in [0.5, 0.6) is 0 Å². The Hall–Kier alpha value is -1.31. The van der Waals surface area contributed by atoms with E-state index in [9.17, 15) is 0 Å². The first-order valence-electron chi connectivity index (χ1n) is 10.6. The van der Waals surface area contributed by atoms with E-state index in [0.717, 1.165) is 25.9 Å². The van der Waals surface area contributed by atoms with Gasteiger partial charge in [0.25, 0.3) is 5.01 Å². The Balaban J connectivity index is 0.00000256. The van der Waals surface area contributed by atoms with Crippen molar-refractivity contribution in [2.45, 2.75) is 52.0 Å². The summed E-state index contributed by atoms with van der Waals surface area (Å²) in [6, 6.07) is 13.7. The molecule has 3 aromatic rings. The van der Waals surface area contributed by atoms with E-state index in [4.69, 9.17) is 0 Å². The lowest BCUT2D eigenvalue weighted by molar-refractivity contribution is -0.665. The molecule has 0 spiro atoms. The van der Waals surface area contributed by atoms with Crippen molar-refractivity contribution >= 4 is 45.1 Å². The van der Waals surface area contributed by atoms with Gasteiger partial charge in [0.15, 0.2) is 0 Å². The summed E-state index contributed by atoms with van der Waals surface area (Å²) in [7, 11) is 0. The van der Waals surface area contributed by atoms with Crippen LogP contribution in [0.1, 0.15) is 43.8 Å². The molecule has 30 heavy (non-hydrogen) atoms. The maximum atomic E-state index is 2.41. The van der Waals surface area contributed by atoms with E-state index in [-0.39, 0.29) is 24.0 Å². The van der Waals surface area contributed by atoms with Gasteiger partial charge < -0.3 is 28.9 Å².